The molecule has 2 aliphatic rings. The maximum Gasteiger partial charge on any atom is 0.332 e. The van der Waals surface area contributed by atoms with Gasteiger partial charge in [0.25, 0.3) is 0 Å². The average Bonchev–Trinajstić information content (AvgIpc) is 2.37. The SMILES string of the molecule is CN(C)N1C(=O)NC2CS(=O)(=O)CC21. The molecule has 2 heterocycles. The number of amides is 2. The molecule has 0 aromatic rings. The lowest BCUT2D eigenvalue weighted by Crippen LogP contribution is -2.46. The summed E-state index contributed by atoms with van der Waals surface area (Å²) in [6.07, 6.45) is 0. The minimum Gasteiger partial charge on any atom is -0.331 e. The Balaban J connectivity index is 2.26. The highest BCUT2D eigenvalue weighted by Crippen LogP contribution is 2.24. The zero-order valence-electron chi connectivity index (χ0n) is 8.10. The van der Waals surface area contributed by atoms with Crippen LogP contribution in [0.2, 0.25) is 0 Å². The lowest BCUT2D eigenvalue weighted by molar-refractivity contribution is 0.0549. The first kappa shape index (κ1) is 9.72. The van der Waals surface area contributed by atoms with Gasteiger partial charge < -0.3 is 5.32 Å². The van der Waals surface area contributed by atoms with Gasteiger partial charge in [-0.1, -0.05) is 0 Å². The van der Waals surface area contributed by atoms with Gasteiger partial charge >= 0.3 is 6.03 Å². The van der Waals surface area contributed by atoms with Crippen LogP contribution in [-0.2, 0) is 9.84 Å². The summed E-state index contributed by atoms with van der Waals surface area (Å²) in [4.78, 5) is 11.4. The van der Waals surface area contributed by atoms with E-state index in [1.54, 1.807) is 19.1 Å². The van der Waals surface area contributed by atoms with Crippen LogP contribution in [-0.4, -0.2) is 62.2 Å². The van der Waals surface area contributed by atoms with Gasteiger partial charge in [0.2, 0.25) is 0 Å². The summed E-state index contributed by atoms with van der Waals surface area (Å²) in [5.41, 5.74) is 0. The quantitative estimate of drug-likeness (QED) is 0.554. The molecule has 0 aromatic carbocycles. The highest BCUT2D eigenvalue weighted by molar-refractivity contribution is 7.91. The number of carbonyl (C=O) groups excluding carboxylic acids is 1. The lowest BCUT2D eigenvalue weighted by Gasteiger charge is -2.27. The van der Waals surface area contributed by atoms with Gasteiger partial charge in [-0.15, -0.1) is 0 Å². The molecule has 0 saturated carbocycles. The van der Waals surface area contributed by atoms with Gasteiger partial charge in [0.1, 0.15) is 0 Å². The minimum absolute atomic E-state index is 0.0632. The topological polar surface area (TPSA) is 69.7 Å². The van der Waals surface area contributed by atoms with Gasteiger partial charge in [0.15, 0.2) is 9.84 Å². The normalized spacial score (nSPS) is 34.8. The van der Waals surface area contributed by atoms with E-state index in [9.17, 15) is 13.2 Å². The number of carbonyl (C=O) groups is 1. The molecule has 14 heavy (non-hydrogen) atoms. The summed E-state index contributed by atoms with van der Waals surface area (Å²) < 4.78 is 22.6. The van der Waals surface area contributed by atoms with Crippen molar-refractivity contribution in [1.29, 1.82) is 0 Å². The van der Waals surface area contributed by atoms with Crippen molar-refractivity contribution in [3.63, 3.8) is 0 Å². The number of hydrazine groups is 1. The Bertz CT molecular complexity index is 364. The molecule has 6 nitrogen and oxygen atoms in total. The Labute approximate surface area is 82.7 Å². The fourth-order valence-corrected chi connectivity index (χ4v) is 3.94. The van der Waals surface area contributed by atoms with Crippen molar-refractivity contribution in [3.8, 4) is 0 Å². The van der Waals surface area contributed by atoms with E-state index in [0.29, 0.717) is 0 Å². The van der Waals surface area contributed by atoms with Crippen LogP contribution in [0.5, 0.6) is 0 Å². The average molecular weight is 219 g/mol. The highest BCUT2D eigenvalue weighted by atomic mass is 32.2. The number of nitrogens with zero attached hydrogens (tertiary/aromatic N) is 2. The number of hydrogen-bond donors (Lipinski definition) is 1. The fourth-order valence-electron chi connectivity index (χ4n) is 2.06. The van der Waals surface area contributed by atoms with Crippen LogP contribution < -0.4 is 5.32 Å². The van der Waals surface area contributed by atoms with Gasteiger partial charge in [-0.3, -0.25) is 5.01 Å². The van der Waals surface area contributed by atoms with Crippen LogP contribution in [0, 0.1) is 0 Å². The molecule has 0 spiro atoms. The Morgan fingerprint density at radius 1 is 1.43 bits per heavy atom. The van der Waals surface area contributed by atoms with Crippen LogP contribution in [0.3, 0.4) is 0 Å². The second-order valence-corrected chi connectivity index (χ2v) is 6.05. The van der Waals surface area contributed by atoms with Gasteiger partial charge in [0.05, 0.1) is 23.6 Å². The van der Waals surface area contributed by atoms with E-state index in [-0.39, 0.29) is 29.6 Å². The first-order valence-corrected chi connectivity index (χ1v) is 6.20. The van der Waals surface area contributed by atoms with Crippen molar-refractivity contribution >= 4 is 15.9 Å². The summed E-state index contributed by atoms with van der Waals surface area (Å²) >= 11 is 0. The number of urea groups is 1. The lowest BCUT2D eigenvalue weighted by atomic mass is 10.2. The van der Waals surface area contributed by atoms with Gasteiger partial charge in [0, 0.05) is 14.1 Å². The molecule has 0 aliphatic carbocycles. The van der Waals surface area contributed by atoms with E-state index < -0.39 is 9.84 Å². The Hall–Kier alpha value is -0.820. The third-order valence-corrected chi connectivity index (χ3v) is 4.30. The Morgan fingerprint density at radius 2 is 2.07 bits per heavy atom. The highest BCUT2D eigenvalue weighted by Gasteiger charge is 2.49. The summed E-state index contributed by atoms with van der Waals surface area (Å²) in [7, 11) is 0.480. The van der Waals surface area contributed by atoms with E-state index in [2.05, 4.69) is 5.32 Å². The monoisotopic (exact) mass is 219 g/mol. The number of sulfone groups is 1. The molecule has 1 N–H and O–H groups in total. The van der Waals surface area contributed by atoms with E-state index in [0.717, 1.165) is 0 Å². The number of hydrogen-bond acceptors (Lipinski definition) is 4. The fraction of sp³-hybridized carbons (Fsp3) is 0.857. The van der Waals surface area contributed by atoms with Crippen LogP contribution in [0.25, 0.3) is 0 Å². The third kappa shape index (κ3) is 1.36. The van der Waals surface area contributed by atoms with E-state index in [1.165, 1.54) is 5.01 Å². The van der Waals surface area contributed by atoms with Crippen molar-refractivity contribution in [2.45, 2.75) is 12.1 Å². The largest absolute Gasteiger partial charge is 0.332 e. The zero-order valence-corrected chi connectivity index (χ0v) is 8.91. The molecule has 2 aliphatic heterocycles. The number of rotatable bonds is 1. The van der Waals surface area contributed by atoms with Crippen molar-refractivity contribution < 1.29 is 13.2 Å². The molecular weight excluding hydrogens is 206 g/mol. The van der Waals surface area contributed by atoms with Gasteiger partial charge in [-0.05, 0) is 0 Å². The molecule has 2 unspecified atom stereocenters. The van der Waals surface area contributed by atoms with Crippen LogP contribution >= 0.6 is 0 Å². The van der Waals surface area contributed by atoms with Gasteiger partial charge in [-0.2, -0.15) is 0 Å². The zero-order chi connectivity index (χ0) is 10.5. The molecule has 2 atom stereocenters. The first-order valence-electron chi connectivity index (χ1n) is 4.38. The van der Waals surface area contributed by atoms with Crippen molar-refractivity contribution in [1.82, 2.24) is 15.3 Å². The summed E-state index contributed by atoms with van der Waals surface area (Å²) in [5.74, 6) is 0.127. The Morgan fingerprint density at radius 3 is 2.64 bits per heavy atom. The smallest absolute Gasteiger partial charge is 0.331 e. The second-order valence-electron chi connectivity index (χ2n) is 3.89. The maximum absolute atomic E-state index is 11.4. The number of fused-ring (bicyclic) bond motifs is 1. The molecule has 0 aromatic heterocycles. The molecule has 7 heteroatoms. The van der Waals surface area contributed by atoms with Crippen LogP contribution in [0.4, 0.5) is 4.79 Å². The van der Waals surface area contributed by atoms with E-state index >= 15 is 0 Å². The standard InChI is InChI=1S/C7H13N3O3S/c1-9(2)10-6-4-14(12,13)3-5(6)8-7(10)11/h5-6H,3-4H2,1-2H3,(H,8,11). The van der Waals surface area contributed by atoms with Crippen LogP contribution in [0.15, 0.2) is 0 Å². The Kier molecular flexibility index (Phi) is 1.97. The van der Waals surface area contributed by atoms with Gasteiger partial charge in [-0.25, -0.2) is 18.2 Å². The molecule has 2 fully saturated rings. The molecule has 2 saturated heterocycles. The summed E-state index contributed by atoms with van der Waals surface area (Å²) in [5, 5.41) is 5.76. The number of nitrogens with one attached hydrogen (secondary N) is 1. The van der Waals surface area contributed by atoms with Crippen LogP contribution in [0.1, 0.15) is 0 Å². The van der Waals surface area contributed by atoms with E-state index in [1.807, 2.05) is 0 Å². The maximum atomic E-state index is 11.4. The molecule has 2 rings (SSSR count). The molecule has 0 radical (unpaired) electrons. The second kappa shape index (κ2) is 2.83. The molecule has 2 amide bonds. The summed E-state index contributed by atoms with van der Waals surface area (Å²) in [6, 6.07) is -0.683. The first-order chi connectivity index (χ1) is 6.41. The summed E-state index contributed by atoms with van der Waals surface area (Å²) in [6.45, 7) is 0. The van der Waals surface area contributed by atoms with Crippen molar-refractivity contribution in [3.05, 3.63) is 0 Å². The minimum atomic E-state index is -2.98. The van der Waals surface area contributed by atoms with Crippen molar-refractivity contribution in [2.75, 3.05) is 25.6 Å². The molecule has 0 bridgehead atoms. The predicted octanol–water partition coefficient (Wildman–Crippen LogP) is -1.35. The molecular formula is C7H13N3O3S. The van der Waals surface area contributed by atoms with E-state index in [4.69, 9.17) is 0 Å². The predicted molar refractivity (Wildman–Crippen MR) is 50.3 cm³/mol. The molecule has 80 valence electrons. The third-order valence-electron chi connectivity index (χ3n) is 2.58. The van der Waals surface area contributed by atoms with Crippen molar-refractivity contribution in [2.24, 2.45) is 0 Å².